The number of hydrogen-bond acceptors (Lipinski definition) is 8. The zero-order valence-corrected chi connectivity index (χ0v) is 11.6. The molecule has 22 heavy (non-hydrogen) atoms. The third-order valence-electron chi connectivity index (χ3n) is 2.31. The topological polar surface area (TPSA) is 129 Å². The van der Waals surface area contributed by atoms with E-state index in [0.29, 0.717) is 11.3 Å². The molecule has 2 aromatic rings. The summed E-state index contributed by atoms with van der Waals surface area (Å²) in [6.45, 7) is -0.697. The van der Waals surface area contributed by atoms with Crippen LogP contribution >= 0.6 is 11.3 Å². The van der Waals surface area contributed by atoms with Gasteiger partial charge >= 0.3 is 11.0 Å². The molecule has 0 aliphatic rings. The normalized spacial score (nSPS) is 10.0. The molecule has 1 N–H and O–H groups in total. The third-order valence-corrected chi connectivity index (χ3v) is 3.32. The molecule has 0 radical (unpaired) electrons. The molecule has 0 spiro atoms. The summed E-state index contributed by atoms with van der Waals surface area (Å²) in [5, 5.41) is 12.2. The van der Waals surface area contributed by atoms with Gasteiger partial charge in [0.05, 0.1) is 11.2 Å². The van der Waals surface area contributed by atoms with E-state index >= 15 is 0 Å². The number of esters is 1. The summed E-state index contributed by atoms with van der Waals surface area (Å²) < 4.78 is 9.44. The molecule has 0 saturated carbocycles. The molecule has 0 atom stereocenters. The molecule has 2 aromatic heterocycles. The zero-order chi connectivity index (χ0) is 16.1. The minimum atomic E-state index is -0.890. The van der Waals surface area contributed by atoms with Crippen LogP contribution in [0.25, 0.3) is 0 Å². The van der Waals surface area contributed by atoms with Crippen molar-refractivity contribution < 1.29 is 28.5 Å². The number of hydrogen-bond donors (Lipinski definition) is 1. The number of nitro groups is 1. The highest BCUT2D eigenvalue weighted by molar-refractivity contribution is 7.17. The molecule has 2 rings (SSSR count). The van der Waals surface area contributed by atoms with Crippen LogP contribution in [0.4, 0.5) is 5.00 Å². The maximum Gasteiger partial charge on any atom is 0.349 e. The number of rotatable bonds is 5. The molecule has 0 saturated heterocycles. The van der Waals surface area contributed by atoms with Gasteiger partial charge in [-0.3, -0.25) is 25.0 Å². The molecule has 0 bridgehead atoms. The summed E-state index contributed by atoms with van der Waals surface area (Å²) in [6.07, 6.45) is 1.27. The Balaban J connectivity index is 1.84. The van der Waals surface area contributed by atoms with Crippen LogP contribution in [0.15, 0.2) is 34.9 Å². The fraction of sp³-hybridized carbons (Fsp3) is 0.0833. The van der Waals surface area contributed by atoms with Crippen molar-refractivity contribution >= 4 is 34.1 Å². The second-order valence-corrected chi connectivity index (χ2v) is 4.89. The second kappa shape index (κ2) is 6.63. The van der Waals surface area contributed by atoms with Crippen molar-refractivity contribution in [2.24, 2.45) is 0 Å². The highest BCUT2D eigenvalue weighted by atomic mass is 32.1. The van der Waals surface area contributed by atoms with E-state index in [0.717, 1.165) is 6.07 Å². The van der Waals surface area contributed by atoms with Gasteiger partial charge in [0.2, 0.25) is 0 Å². The fourth-order valence-corrected chi connectivity index (χ4v) is 2.08. The molecule has 2 heterocycles. The molecule has 10 heteroatoms. The lowest BCUT2D eigenvalue weighted by Gasteiger charge is -2.03. The number of carbonyl (C=O) groups is 3. The first-order valence-electron chi connectivity index (χ1n) is 5.76. The van der Waals surface area contributed by atoms with Gasteiger partial charge in [0.1, 0.15) is 4.88 Å². The Hall–Kier alpha value is -3.01. The van der Waals surface area contributed by atoms with E-state index in [-0.39, 0.29) is 15.6 Å². The fourth-order valence-electron chi connectivity index (χ4n) is 1.37. The van der Waals surface area contributed by atoms with Gasteiger partial charge in [-0.1, -0.05) is 11.3 Å². The summed E-state index contributed by atoms with van der Waals surface area (Å²) in [7, 11) is 0. The van der Waals surface area contributed by atoms with Crippen LogP contribution in [0.2, 0.25) is 0 Å². The summed E-state index contributed by atoms with van der Waals surface area (Å²) in [6, 6.07) is 5.21. The van der Waals surface area contributed by atoms with Crippen molar-refractivity contribution in [1.82, 2.24) is 5.32 Å². The van der Waals surface area contributed by atoms with Crippen LogP contribution in [-0.4, -0.2) is 29.3 Å². The van der Waals surface area contributed by atoms with Gasteiger partial charge in [-0.2, -0.15) is 0 Å². The van der Waals surface area contributed by atoms with Crippen LogP contribution < -0.4 is 5.32 Å². The lowest BCUT2D eigenvalue weighted by molar-refractivity contribution is -0.380. The Morgan fingerprint density at radius 2 is 2.09 bits per heavy atom. The SMILES string of the molecule is O=C(COC(=O)c1ccc([N+](=O)[O-])s1)NC(=O)c1ccco1. The van der Waals surface area contributed by atoms with Gasteiger partial charge in [0.25, 0.3) is 11.8 Å². The quantitative estimate of drug-likeness (QED) is 0.499. The Labute approximate surface area is 126 Å². The minimum Gasteiger partial charge on any atom is -0.459 e. The van der Waals surface area contributed by atoms with Crippen molar-refractivity contribution in [3.05, 3.63) is 51.3 Å². The predicted octanol–water partition coefficient (Wildman–Crippen LogP) is 1.36. The van der Waals surface area contributed by atoms with Gasteiger partial charge in [-0.15, -0.1) is 0 Å². The lowest BCUT2D eigenvalue weighted by Crippen LogP contribution is -2.33. The molecule has 0 unspecified atom stereocenters. The second-order valence-electron chi connectivity index (χ2n) is 3.83. The Morgan fingerprint density at radius 3 is 2.68 bits per heavy atom. The maximum atomic E-state index is 11.6. The van der Waals surface area contributed by atoms with Crippen LogP contribution in [0.5, 0.6) is 0 Å². The smallest absolute Gasteiger partial charge is 0.349 e. The number of nitrogens with zero attached hydrogens (tertiary/aromatic N) is 1. The number of amides is 2. The summed E-state index contributed by atoms with van der Waals surface area (Å²) in [5.41, 5.74) is 0. The van der Waals surface area contributed by atoms with Crippen LogP contribution in [0, 0.1) is 10.1 Å². The predicted molar refractivity (Wildman–Crippen MR) is 72.4 cm³/mol. The van der Waals surface area contributed by atoms with Crippen molar-refractivity contribution in [2.75, 3.05) is 6.61 Å². The Kier molecular flexibility index (Phi) is 4.63. The molecular weight excluding hydrogens is 316 g/mol. The van der Waals surface area contributed by atoms with Gasteiger partial charge in [-0.25, -0.2) is 4.79 Å². The van der Waals surface area contributed by atoms with Crippen molar-refractivity contribution in [1.29, 1.82) is 0 Å². The van der Waals surface area contributed by atoms with E-state index in [1.165, 1.54) is 24.5 Å². The summed E-state index contributed by atoms with van der Waals surface area (Å²) in [5.74, 6) is -2.56. The lowest BCUT2D eigenvalue weighted by atomic mass is 10.4. The first-order chi connectivity index (χ1) is 10.5. The number of thiophene rings is 1. The largest absolute Gasteiger partial charge is 0.459 e. The Morgan fingerprint density at radius 1 is 1.32 bits per heavy atom. The van der Waals surface area contributed by atoms with Crippen molar-refractivity contribution in [3.8, 4) is 0 Å². The van der Waals surface area contributed by atoms with E-state index in [1.807, 2.05) is 5.32 Å². The van der Waals surface area contributed by atoms with Crippen molar-refractivity contribution in [3.63, 3.8) is 0 Å². The molecule has 2 amide bonds. The molecule has 0 aromatic carbocycles. The van der Waals surface area contributed by atoms with Gasteiger partial charge in [0.15, 0.2) is 12.4 Å². The average Bonchev–Trinajstić information content (AvgIpc) is 3.15. The first-order valence-corrected chi connectivity index (χ1v) is 6.58. The van der Waals surface area contributed by atoms with E-state index in [9.17, 15) is 24.5 Å². The third kappa shape index (κ3) is 3.76. The van der Waals surface area contributed by atoms with Gasteiger partial charge < -0.3 is 9.15 Å². The van der Waals surface area contributed by atoms with Crippen LogP contribution in [0.1, 0.15) is 20.2 Å². The van der Waals surface area contributed by atoms with E-state index in [2.05, 4.69) is 4.74 Å². The minimum absolute atomic E-state index is 0.0168. The summed E-state index contributed by atoms with van der Waals surface area (Å²) in [4.78, 5) is 44.3. The zero-order valence-electron chi connectivity index (χ0n) is 10.8. The Bertz CT molecular complexity index is 720. The average molecular weight is 324 g/mol. The highest BCUT2D eigenvalue weighted by Crippen LogP contribution is 2.24. The van der Waals surface area contributed by atoms with Gasteiger partial charge in [-0.05, 0) is 18.2 Å². The number of ether oxygens (including phenoxy) is 1. The standard InChI is InChI=1S/C12H8N2O7S/c15-9(13-11(16)7-2-1-5-20-7)6-21-12(17)8-3-4-10(22-8)14(18)19/h1-5H,6H2,(H,13,15,16). The molecule has 9 nitrogen and oxygen atoms in total. The van der Waals surface area contributed by atoms with Crippen LogP contribution in [-0.2, 0) is 9.53 Å². The van der Waals surface area contributed by atoms with Crippen LogP contribution in [0.3, 0.4) is 0 Å². The first kappa shape index (κ1) is 15.4. The number of carbonyl (C=O) groups excluding carboxylic acids is 3. The molecule has 114 valence electrons. The number of imide groups is 1. The molecule has 0 fully saturated rings. The van der Waals surface area contributed by atoms with E-state index in [1.54, 1.807) is 0 Å². The molecular formula is C12H8N2O7S. The number of nitrogens with one attached hydrogen (secondary N) is 1. The highest BCUT2D eigenvalue weighted by Gasteiger charge is 2.18. The van der Waals surface area contributed by atoms with Gasteiger partial charge in [0, 0.05) is 6.07 Å². The monoisotopic (exact) mass is 324 g/mol. The number of furan rings is 1. The molecule has 0 aliphatic carbocycles. The van der Waals surface area contributed by atoms with Crippen molar-refractivity contribution in [2.45, 2.75) is 0 Å². The molecule has 0 aliphatic heterocycles. The van der Waals surface area contributed by atoms with E-state index < -0.39 is 29.3 Å². The summed E-state index contributed by atoms with van der Waals surface area (Å²) >= 11 is 0.625. The van der Waals surface area contributed by atoms with E-state index in [4.69, 9.17) is 4.42 Å². The maximum absolute atomic E-state index is 11.6.